The first-order valence-electron chi connectivity index (χ1n) is 15.2. The van der Waals surface area contributed by atoms with Gasteiger partial charge in [-0.25, -0.2) is 4.90 Å². The van der Waals surface area contributed by atoms with E-state index in [2.05, 4.69) is 10.3 Å². The van der Waals surface area contributed by atoms with Crippen molar-refractivity contribution in [3.63, 3.8) is 0 Å². The summed E-state index contributed by atoms with van der Waals surface area (Å²) in [6.45, 7) is 1.62. The second-order valence-electron chi connectivity index (χ2n) is 11.3. The maximum absolute atomic E-state index is 14.1. The van der Waals surface area contributed by atoms with Crippen molar-refractivity contribution in [3.8, 4) is 11.5 Å². The van der Waals surface area contributed by atoms with E-state index in [-0.39, 0.29) is 24.7 Å². The largest absolute Gasteiger partial charge is 0.490 e. The van der Waals surface area contributed by atoms with Crippen LogP contribution < -0.4 is 24.6 Å². The van der Waals surface area contributed by atoms with Crippen LogP contribution in [0.5, 0.6) is 11.5 Å². The Hall–Kier alpha value is -5.08. The summed E-state index contributed by atoms with van der Waals surface area (Å²) in [4.78, 5) is 56.6. The lowest BCUT2D eigenvalue weighted by Gasteiger charge is -2.30. The number of amides is 3. The number of halogens is 3. The third-order valence-corrected chi connectivity index (χ3v) is 10.7. The third kappa shape index (κ3) is 5.95. The molecule has 4 aromatic carbocycles. The standard InChI is InChI=1S/C35H26F3N3O6S2/c1-2-46-25-16-19(14-15-24(25)47-17-26(42)39-22-12-7-9-18-8-3-4-10-20(18)22)27-28-30(48-31-29(27)49-34(45)40-31)33(44)41(32(28)43)23-13-6-5-11-21(23)35(36,37)38/h3-16,27-28,30H,2,17H2,1H3,(H,39,42)(H,40,45). The summed E-state index contributed by atoms with van der Waals surface area (Å²) in [6.07, 6.45) is -4.81. The first-order valence-corrected chi connectivity index (χ1v) is 16.9. The van der Waals surface area contributed by atoms with Gasteiger partial charge in [0.1, 0.15) is 5.25 Å². The number of hydrogen-bond acceptors (Lipinski definition) is 8. The Balaban J connectivity index is 1.20. The van der Waals surface area contributed by atoms with Gasteiger partial charge in [-0.3, -0.25) is 19.2 Å². The summed E-state index contributed by atoms with van der Waals surface area (Å²) >= 11 is 1.83. The number of aromatic amines is 1. The molecule has 3 unspecified atom stereocenters. The predicted molar refractivity (Wildman–Crippen MR) is 180 cm³/mol. The fraction of sp³-hybridized carbons (Fsp3) is 0.200. The number of nitrogens with zero attached hydrogens (tertiary/aromatic N) is 1. The van der Waals surface area contributed by atoms with Gasteiger partial charge < -0.3 is 19.8 Å². The van der Waals surface area contributed by atoms with Crippen molar-refractivity contribution in [1.29, 1.82) is 0 Å². The maximum atomic E-state index is 14.1. The number of anilines is 2. The average Bonchev–Trinajstić information content (AvgIpc) is 3.57. The van der Waals surface area contributed by atoms with Crippen molar-refractivity contribution in [1.82, 2.24) is 4.98 Å². The van der Waals surface area contributed by atoms with E-state index in [0.29, 0.717) is 26.1 Å². The summed E-state index contributed by atoms with van der Waals surface area (Å²) in [6, 6.07) is 22.4. The van der Waals surface area contributed by atoms with Gasteiger partial charge in [0.25, 0.3) is 5.91 Å². The summed E-state index contributed by atoms with van der Waals surface area (Å²) in [5.74, 6) is -3.53. The van der Waals surface area contributed by atoms with Crippen LogP contribution in [0.2, 0.25) is 0 Å². The van der Waals surface area contributed by atoms with Crippen LogP contribution in [-0.4, -0.2) is 41.2 Å². The topological polar surface area (TPSA) is 118 Å². The van der Waals surface area contributed by atoms with Gasteiger partial charge in [-0.1, -0.05) is 77.7 Å². The molecule has 1 saturated heterocycles. The van der Waals surface area contributed by atoms with Crippen molar-refractivity contribution in [2.24, 2.45) is 5.92 Å². The van der Waals surface area contributed by atoms with Gasteiger partial charge in [0, 0.05) is 21.9 Å². The number of ether oxygens (including phenoxy) is 2. The molecule has 5 aromatic rings. The van der Waals surface area contributed by atoms with E-state index in [1.165, 1.54) is 12.1 Å². The monoisotopic (exact) mass is 705 g/mol. The van der Waals surface area contributed by atoms with Crippen molar-refractivity contribution in [2.75, 3.05) is 23.4 Å². The molecule has 3 heterocycles. The van der Waals surface area contributed by atoms with Gasteiger partial charge in [-0.05, 0) is 48.2 Å². The lowest BCUT2D eigenvalue weighted by Crippen LogP contribution is -2.33. The summed E-state index contributed by atoms with van der Waals surface area (Å²) in [5.41, 5.74) is -0.545. The van der Waals surface area contributed by atoms with Crippen LogP contribution in [0, 0.1) is 5.92 Å². The summed E-state index contributed by atoms with van der Waals surface area (Å²) < 4.78 is 53.6. The molecule has 3 atom stereocenters. The first-order chi connectivity index (χ1) is 23.5. The quantitative estimate of drug-likeness (QED) is 0.170. The molecular formula is C35H26F3N3O6S2. The molecule has 0 bridgehead atoms. The average molecular weight is 706 g/mol. The molecule has 7 rings (SSSR count). The van der Waals surface area contributed by atoms with Crippen LogP contribution in [0.15, 0.2) is 94.7 Å². The van der Waals surface area contributed by atoms with E-state index in [0.717, 1.165) is 46.0 Å². The van der Waals surface area contributed by atoms with E-state index in [9.17, 15) is 32.3 Å². The van der Waals surface area contributed by atoms with Crippen LogP contribution in [0.3, 0.4) is 0 Å². The molecule has 1 aromatic heterocycles. The number of imide groups is 1. The Morgan fingerprint density at radius 2 is 1.67 bits per heavy atom. The number of hydrogen-bond donors (Lipinski definition) is 2. The van der Waals surface area contributed by atoms with E-state index in [1.54, 1.807) is 31.2 Å². The van der Waals surface area contributed by atoms with Gasteiger partial charge in [0.15, 0.2) is 18.1 Å². The molecule has 14 heteroatoms. The molecule has 3 amide bonds. The van der Waals surface area contributed by atoms with Gasteiger partial charge >= 0.3 is 11.0 Å². The number of thiazole rings is 1. The lowest BCUT2D eigenvalue weighted by atomic mass is 9.83. The highest BCUT2D eigenvalue weighted by atomic mass is 32.2. The van der Waals surface area contributed by atoms with E-state index in [4.69, 9.17) is 9.47 Å². The zero-order valence-electron chi connectivity index (χ0n) is 25.6. The normalized spacial score (nSPS) is 18.7. The number of aromatic nitrogens is 1. The molecule has 9 nitrogen and oxygen atoms in total. The van der Waals surface area contributed by atoms with Gasteiger partial charge in [-0.15, -0.1) is 0 Å². The number of alkyl halides is 3. The highest BCUT2D eigenvalue weighted by molar-refractivity contribution is 8.00. The van der Waals surface area contributed by atoms with E-state index < -0.39 is 57.1 Å². The second kappa shape index (κ2) is 12.7. The van der Waals surface area contributed by atoms with E-state index >= 15 is 0 Å². The molecule has 250 valence electrons. The van der Waals surface area contributed by atoms with Crippen LogP contribution in [0.4, 0.5) is 24.5 Å². The lowest BCUT2D eigenvalue weighted by molar-refractivity contribution is -0.137. The van der Waals surface area contributed by atoms with Crippen LogP contribution in [0.1, 0.15) is 28.8 Å². The zero-order valence-corrected chi connectivity index (χ0v) is 27.2. The Morgan fingerprint density at radius 1 is 0.918 bits per heavy atom. The first kappa shape index (κ1) is 32.5. The minimum Gasteiger partial charge on any atom is -0.490 e. The minimum atomic E-state index is -4.81. The maximum Gasteiger partial charge on any atom is 0.418 e. The number of para-hydroxylation sites is 1. The Morgan fingerprint density at radius 3 is 2.47 bits per heavy atom. The molecule has 0 aliphatic carbocycles. The van der Waals surface area contributed by atoms with Gasteiger partial charge in [-0.2, -0.15) is 13.2 Å². The van der Waals surface area contributed by atoms with Crippen molar-refractivity contribution in [3.05, 3.63) is 111 Å². The number of thioether (sulfide) groups is 1. The molecule has 2 aliphatic heterocycles. The van der Waals surface area contributed by atoms with Crippen LogP contribution >= 0.6 is 23.1 Å². The van der Waals surface area contributed by atoms with Crippen molar-refractivity contribution >= 4 is 63.0 Å². The highest BCUT2D eigenvalue weighted by Gasteiger charge is 2.57. The summed E-state index contributed by atoms with van der Waals surface area (Å²) in [5, 5.41) is 3.97. The fourth-order valence-corrected chi connectivity index (χ4v) is 8.81. The molecular weight excluding hydrogens is 680 g/mol. The van der Waals surface area contributed by atoms with Crippen LogP contribution in [0.25, 0.3) is 10.8 Å². The summed E-state index contributed by atoms with van der Waals surface area (Å²) in [7, 11) is 0. The Bertz CT molecular complexity index is 2180. The van der Waals surface area contributed by atoms with E-state index in [1.807, 2.05) is 36.4 Å². The molecule has 0 saturated carbocycles. The third-order valence-electron chi connectivity index (χ3n) is 8.32. The zero-order chi connectivity index (χ0) is 34.4. The van der Waals surface area contributed by atoms with Crippen molar-refractivity contribution in [2.45, 2.75) is 29.3 Å². The molecule has 0 radical (unpaired) electrons. The SMILES string of the molecule is CCOc1cc(C2c3sc(=O)[nH]c3SC3C(=O)N(c4ccccc4C(F)(F)F)C(=O)C32)ccc1OCC(=O)Nc1cccc2ccccc12. The Labute approximate surface area is 285 Å². The van der Waals surface area contributed by atoms with Gasteiger partial charge in [0.05, 0.1) is 28.8 Å². The Kier molecular flexibility index (Phi) is 8.45. The number of carbonyl (C=O) groups is 3. The molecule has 2 aliphatic rings. The number of carbonyl (C=O) groups excluding carboxylic acids is 3. The molecule has 1 fully saturated rings. The van der Waals surface area contributed by atoms with Gasteiger partial charge in [0.2, 0.25) is 11.8 Å². The number of rotatable bonds is 8. The molecule has 0 spiro atoms. The smallest absolute Gasteiger partial charge is 0.418 e. The number of nitrogens with one attached hydrogen (secondary N) is 2. The van der Waals surface area contributed by atoms with Crippen LogP contribution in [-0.2, 0) is 20.6 Å². The number of H-pyrrole nitrogens is 1. The molecule has 49 heavy (non-hydrogen) atoms. The predicted octanol–water partition coefficient (Wildman–Crippen LogP) is 6.82. The fourth-order valence-electron chi connectivity index (χ4n) is 6.29. The minimum absolute atomic E-state index is 0.219. The molecule has 2 N–H and O–H groups in total. The highest BCUT2D eigenvalue weighted by Crippen LogP contribution is 2.54. The number of fused-ring (bicyclic) bond motifs is 3. The number of benzene rings is 4. The van der Waals surface area contributed by atoms with Crippen molar-refractivity contribution < 1.29 is 37.0 Å². The second-order valence-corrected chi connectivity index (χ2v) is 13.4.